The van der Waals surface area contributed by atoms with Crippen molar-refractivity contribution in [3.05, 3.63) is 81.7 Å². The second kappa shape index (κ2) is 7.35. The molecule has 162 valence electrons. The maximum Gasteiger partial charge on any atom is 0.338 e. The molecule has 0 saturated heterocycles. The highest BCUT2D eigenvalue weighted by molar-refractivity contribution is 5.93. The monoisotopic (exact) mass is 428 g/mol. The van der Waals surface area contributed by atoms with Crippen LogP contribution in [0.2, 0.25) is 0 Å². The van der Waals surface area contributed by atoms with Crippen molar-refractivity contribution in [3.63, 3.8) is 0 Å². The van der Waals surface area contributed by atoms with E-state index in [9.17, 15) is 4.79 Å². The van der Waals surface area contributed by atoms with E-state index in [2.05, 4.69) is 30.5 Å². The van der Waals surface area contributed by atoms with Crippen LogP contribution in [0.3, 0.4) is 0 Å². The molecule has 2 aromatic carbocycles. The predicted octanol–water partition coefficient (Wildman–Crippen LogP) is 4.42. The molecule has 6 nitrogen and oxygen atoms in total. The van der Waals surface area contributed by atoms with Crippen LogP contribution in [0.15, 0.2) is 41.3 Å². The molecule has 0 saturated carbocycles. The number of hydrogen-bond acceptors (Lipinski definition) is 6. The number of oxazole rings is 1. The van der Waals surface area contributed by atoms with E-state index in [1.54, 1.807) is 0 Å². The molecule has 4 heterocycles. The molecule has 0 aliphatic carbocycles. The van der Waals surface area contributed by atoms with Gasteiger partial charge in [-0.15, -0.1) is 0 Å². The number of carbonyl (C=O) groups excluding carboxylic acids is 1. The highest BCUT2D eigenvalue weighted by Gasteiger charge is 2.26. The van der Waals surface area contributed by atoms with Crippen LogP contribution < -0.4 is 0 Å². The normalized spacial score (nSPS) is 17.0. The van der Waals surface area contributed by atoms with Crippen molar-refractivity contribution in [2.75, 3.05) is 13.1 Å². The van der Waals surface area contributed by atoms with Crippen molar-refractivity contribution in [3.8, 4) is 11.5 Å². The zero-order valence-electron chi connectivity index (χ0n) is 18.1. The van der Waals surface area contributed by atoms with Crippen molar-refractivity contribution >= 4 is 11.7 Å². The van der Waals surface area contributed by atoms with Gasteiger partial charge in [-0.3, -0.25) is 4.90 Å². The van der Waals surface area contributed by atoms with E-state index in [1.165, 1.54) is 11.1 Å². The Morgan fingerprint density at radius 1 is 1.12 bits per heavy atom. The fourth-order valence-electron chi connectivity index (χ4n) is 4.87. The Kier molecular flexibility index (Phi) is 4.43. The van der Waals surface area contributed by atoms with Gasteiger partial charge in [0.05, 0.1) is 17.8 Å². The van der Waals surface area contributed by atoms with Gasteiger partial charge in [0.15, 0.2) is 0 Å². The minimum atomic E-state index is -0.208. The summed E-state index contributed by atoms with van der Waals surface area (Å²) in [5.74, 6) is 2.15. The fourth-order valence-corrected chi connectivity index (χ4v) is 4.87. The van der Waals surface area contributed by atoms with Crippen LogP contribution in [0.4, 0.5) is 0 Å². The van der Waals surface area contributed by atoms with Gasteiger partial charge in [0.25, 0.3) is 0 Å². The number of benzene rings is 2. The zero-order valence-corrected chi connectivity index (χ0v) is 18.1. The lowest BCUT2D eigenvalue weighted by Crippen LogP contribution is -2.32. The highest BCUT2D eigenvalue weighted by atomic mass is 16.5. The maximum atomic E-state index is 11.8. The molecule has 3 aliphatic rings. The SMILES string of the molecule is C=C1OCc2cc(-c3nc4c(o3)CN(CCc3ccc5c(c3C)COC5=O)CC4)ccc21. The smallest absolute Gasteiger partial charge is 0.338 e. The number of esters is 1. The summed E-state index contributed by atoms with van der Waals surface area (Å²) in [7, 11) is 0. The first-order valence-electron chi connectivity index (χ1n) is 11.0. The third-order valence-corrected chi connectivity index (χ3v) is 6.84. The average molecular weight is 428 g/mol. The average Bonchev–Trinajstić information content (AvgIpc) is 3.50. The summed E-state index contributed by atoms with van der Waals surface area (Å²) in [6.07, 6.45) is 1.81. The first-order chi connectivity index (χ1) is 15.6. The summed E-state index contributed by atoms with van der Waals surface area (Å²) in [6, 6.07) is 10.1. The summed E-state index contributed by atoms with van der Waals surface area (Å²) in [4.78, 5) is 19.0. The summed E-state index contributed by atoms with van der Waals surface area (Å²) in [5, 5.41) is 0. The van der Waals surface area contributed by atoms with E-state index in [4.69, 9.17) is 18.9 Å². The van der Waals surface area contributed by atoms with Gasteiger partial charge in [0, 0.05) is 41.8 Å². The van der Waals surface area contributed by atoms with E-state index in [0.29, 0.717) is 24.7 Å². The van der Waals surface area contributed by atoms with Gasteiger partial charge in [-0.05, 0) is 42.7 Å². The van der Waals surface area contributed by atoms with Crippen molar-refractivity contribution in [2.45, 2.75) is 39.5 Å². The molecule has 6 rings (SSSR count). The lowest BCUT2D eigenvalue weighted by atomic mass is 9.96. The van der Waals surface area contributed by atoms with Crippen molar-refractivity contribution in [2.24, 2.45) is 0 Å². The Morgan fingerprint density at radius 3 is 2.91 bits per heavy atom. The number of hydrogen-bond donors (Lipinski definition) is 0. The van der Waals surface area contributed by atoms with Gasteiger partial charge >= 0.3 is 5.97 Å². The quantitative estimate of drug-likeness (QED) is 0.573. The summed E-state index contributed by atoms with van der Waals surface area (Å²) < 4.78 is 16.9. The Hall–Kier alpha value is -3.38. The van der Waals surface area contributed by atoms with Crippen LogP contribution in [-0.4, -0.2) is 28.9 Å². The largest absolute Gasteiger partial charge is 0.489 e. The Bertz CT molecular complexity index is 1270. The summed E-state index contributed by atoms with van der Waals surface area (Å²) in [6.45, 7) is 9.63. The van der Waals surface area contributed by atoms with E-state index in [-0.39, 0.29) is 5.97 Å². The standard InChI is InChI=1S/C26H24N2O4/c1-15-17(3-6-21-22(15)14-31-26(21)29)7-9-28-10-8-23-24(12-28)32-25(27-23)18-4-5-20-16(2)30-13-19(20)11-18/h3-6,11H,2,7-10,12-14H2,1H3. The van der Waals surface area contributed by atoms with Crippen LogP contribution in [0.5, 0.6) is 0 Å². The first kappa shape index (κ1) is 19.3. The van der Waals surface area contributed by atoms with Gasteiger partial charge in [0.2, 0.25) is 5.89 Å². The second-order valence-electron chi connectivity index (χ2n) is 8.70. The molecule has 0 unspecified atom stereocenters. The molecule has 6 heteroatoms. The molecule has 3 aliphatic heterocycles. The number of fused-ring (bicyclic) bond motifs is 3. The van der Waals surface area contributed by atoms with Gasteiger partial charge in [-0.1, -0.05) is 18.7 Å². The number of aromatic nitrogens is 1. The van der Waals surface area contributed by atoms with Gasteiger partial charge in [-0.2, -0.15) is 0 Å². The minimum absolute atomic E-state index is 0.208. The minimum Gasteiger partial charge on any atom is -0.489 e. The molecule has 1 aromatic heterocycles. The lowest BCUT2D eigenvalue weighted by molar-refractivity contribution is 0.0535. The molecular weight excluding hydrogens is 404 g/mol. The van der Waals surface area contributed by atoms with Gasteiger partial charge in [0.1, 0.15) is 24.7 Å². The van der Waals surface area contributed by atoms with Crippen molar-refractivity contribution in [1.29, 1.82) is 0 Å². The van der Waals surface area contributed by atoms with Gasteiger partial charge in [-0.25, -0.2) is 9.78 Å². The molecule has 3 aromatic rings. The third kappa shape index (κ3) is 3.14. The zero-order chi connectivity index (χ0) is 21.8. The van der Waals surface area contributed by atoms with E-state index >= 15 is 0 Å². The number of nitrogens with zero attached hydrogens (tertiary/aromatic N) is 2. The number of cyclic esters (lactones) is 1. The van der Waals surface area contributed by atoms with E-state index < -0.39 is 0 Å². The Labute approximate surface area is 186 Å². The van der Waals surface area contributed by atoms with Crippen LogP contribution in [0.25, 0.3) is 17.2 Å². The maximum absolute atomic E-state index is 11.8. The summed E-state index contributed by atoms with van der Waals surface area (Å²) >= 11 is 0. The highest BCUT2D eigenvalue weighted by Crippen LogP contribution is 2.33. The Balaban J connectivity index is 1.16. The molecule has 0 amide bonds. The van der Waals surface area contributed by atoms with Crippen molar-refractivity contribution in [1.82, 2.24) is 9.88 Å². The van der Waals surface area contributed by atoms with Crippen LogP contribution >= 0.6 is 0 Å². The fraction of sp³-hybridized carbons (Fsp3) is 0.308. The van der Waals surface area contributed by atoms with Crippen LogP contribution in [-0.2, 0) is 42.1 Å². The molecule has 32 heavy (non-hydrogen) atoms. The lowest BCUT2D eigenvalue weighted by Gasteiger charge is -2.25. The molecule has 0 spiro atoms. The predicted molar refractivity (Wildman–Crippen MR) is 119 cm³/mol. The molecular formula is C26H24N2O4. The van der Waals surface area contributed by atoms with Crippen molar-refractivity contribution < 1.29 is 18.7 Å². The van der Waals surface area contributed by atoms with Crippen LogP contribution in [0.1, 0.15) is 49.6 Å². The second-order valence-corrected chi connectivity index (χ2v) is 8.70. The first-order valence-corrected chi connectivity index (χ1v) is 11.0. The molecule has 0 bridgehead atoms. The molecule has 0 radical (unpaired) electrons. The Morgan fingerprint density at radius 2 is 2.00 bits per heavy atom. The van der Waals surface area contributed by atoms with E-state index in [1.807, 2.05) is 18.2 Å². The summed E-state index contributed by atoms with van der Waals surface area (Å²) in [5.41, 5.74) is 8.43. The molecule has 0 fully saturated rings. The van der Waals surface area contributed by atoms with Gasteiger partial charge < -0.3 is 13.9 Å². The van der Waals surface area contributed by atoms with E-state index in [0.717, 1.165) is 71.9 Å². The number of rotatable bonds is 4. The third-order valence-electron chi connectivity index (χ3n) is 6.84. The number of ether oxygens (including phenoxy) is 2. The molecule has 0 N–H and O–H groups in total. The topological polar surface area (TPSA) is 64.8 Å². The molecule has 0 atom stereocenters. The number of carbonyl (C=O) groups is 1. The van der Waals surface area contributed by atoms with Crippen LogP contribution in [0, 0.1) is 6.92 Å².